The van der Waals surface area contributed by atoms with Crippen molar-refractivity contribution >= 4 is 5.69 Å². The molecule has 0 aromatic heterocycles. The molecule has 0 radical (unpaired) electrons. The maximum atomic E-state index is 13.6. The molecule has 1 saturated heterocycles. The Labute approximate surface area is 106 Å². The van der Waals surface area contributed by atoms with Gasteiger partial charge >= 0.3 is 0 Å². The van der Waals surface area contributed by atoms with Crippen LogP contribution in [0.15, 0.2) is 12.1 Å². The Hall–Kier alpha value is -1.29. The van der Waals surface area contributed by atoms with Crippen molar-refractivity contribution in [1.82, 2.24) is 4.90 Å². The number of nitrogens with zero attached hydrogens (tertiary/aromatic N) is 1. The van der Waals surface area contributed by atoms with Crippen LogP contribution in [0.1, 0.15) is 24.8 Å². The van der Waals surface area contributed by atoms with Gasteiger partial charge in [-0.15, -0.1) is 0 Å². The van der Waals surface area contributed by atoms with Crippen molar-refractivity contribution < 1.29 is 9.13 Å². The lowest BCUT2D eigenvalue weighted by Crippen LogP contribution is -2.47. The third kappa shape index (κ3) is 1.21. The van der Waals surface area contributed by atoms with Crippen LogP contribution in [0.3, 0.4) is 0 Å². The van der Waals surface area contributed by atoms with Gasteiger partial charge in [-0.3, -0.25) is 0 Å². The highest BCUT2D eigenvalue weighted by Gasteiger charge is 2.54. The molecule has 18 heavy (non-hydrogen) atoms. The summed E-state index contributed by atoms with van der Waals surface area (Å²) < 4.78 is 19.5. The van der Waals surface area contributed by atoms with Gasteiger partial charge in [-0.25, -0.2) is 4.39 Å². The Kier molecular flexibility index (Phi) is 1.99. The van der Waals surface area contributed by atoms with Crippen LogP contribution >= 0.6 is 0 Å². The monoisotopic (exact) mass is 248 g/mol. The first-order valence-corrected chi connectivity index (χ1v) is 6.66. The largest absolute Gasteiger partial charge is 0.477 e. The zero-order valence-electron chi connectivity index (χ0n) is 10.5. The first kappa shape index (κ1) is 10.6. The molecule has 3 nitrogen and oxygen atoms in total. The van der Waals surface area contributed by atoms with Crippen LogP contribution in [0.25, 0.3) is 0 Å². The molecule has 0 spiro atoms. The van der Waals surface area contributed by atoms with E-state index in [1.54, 1.807) is 0 Å². The van der Waals surface area contributed by atoms with E-state index in [9.17, 15) is 4.39 Å². The summed E-state index contributed by atoms with van der Waals surface area (Å²) >= 11 is 0. The van der Waals surface area contributed by atoms with E-state index in [0.29, 0.717) is 11.8 Å². The van der Waals surface area contributed by atoms with Crippen molar-refractivity contribution in [3.63, 3.8) is 0 Å². The van der Waals surface area contributed by atoms with Crippen molar-refractivity contribution in [3.05, 3.63) is 23.5 Å². The van der Waals surface area contributed by atoms with Crippen LogP contribution in [0.5, 0.6) is 5.75 Å². The molecule has 1 aromatic carbocycles. The SMILES string of the molecule is CN1CCCC1CC12CNc3ccc(F)c(c31)O2. The molecule has 3 heterocycles. The molecular formula is C14H17FN2O. The molecule has 2 unspecified atom stereocenters. The van der Waals surface area contributed by atoms with E-state index in [1.807, 2.05) is 6.07 Å². The van der Waals surface area contributed by atoms with Gasteiger partial charge in [-0.05, 0) is 38.6 Å². The number of hydrogen-bond donors (Lipinski definition) is 1. The third-order valence-electron chi connectivity index (χ3n) is 4.66. The normalized spacial score (nSPS) is 32.7. The lowest BCUT2D eigenvalue weighted by atomic mass is 9.83. The average molecular weight is 248 g/mol. The molecule has 0 amide bonds. The fraction of sp³-hybridized carbons (Fsp3) is 0.571. The summed E-state index contributed by atoms with van der Waals surface area (Å²) in [5.74, 6) is 0.242. The Balaban J connectivity index is 1.67. The molecule has 1 N–H and O–H groups in total. The van der Waals surface area contributed by atoms with Gasteiger partial charge in [0.1, 0.15) is 0 Å². The molecule has 3 aliphatic heterocycles. The van der Waals surface area contributed by atoms with Crippen molar-refractivity contribution in [2.75, 3.05) is 25.5 Å². The number of anilines is 1. The van der Waals surface area contributed by atoms with Gasteiger partial charge in [0.25, 0.3) is 0 Å². The molecule has 0 bridgehead atoms. The number of likely N-dealkylation sites (tertiary alicyclic amines) is 1. The smallest absolute Gasteiger partial charge is 0.165 e. The summed E-state index contributed by atoms with van der Waals surface area (Å²) in [5.41, 5.74) is 1.86. The summed E-state index contributed by atoms with van der Waals surface area (Å²) in [5, 5.41) is 3.35. The highest BCUT2D eigenvalue weighted by Crippen LogP contribution is 2.56. The zero-order valence-corrected chi connectivity index (χ0v) is 10.5. The van der Waals surface area contributed by atoms with Crippen LogP contribution < -0.4 is 10.1 Å². The molecule has 0 aliphatic carbocycles. The van der Waals surface area contributed by atoms with Gasteiger partial charge < -0.3 is 15.0 Å². The predicted octanol–water partition coefficient (Wildman–Crippen LogP) is 2.32. The number of nitrogens with one attached hydrogen (secondary N) is 1. The van der Waals surface area contributed by atoms with E-state index < -0.39 is 0 Å². The summed E-state index contributed by atoms with van der Waals surface area (Å²) in [6.07, 6.45) is 3.45. The molecule has 1 aromatic rings. The third-order valence-corrected chi connectivity index (χ3v) is 4.66. The molecule has 4 heteroatoms. The lowest BCUT2D eigenvalue weighted by molar-refractivity contribution is 0.00195. The van der Waals surface area contributed by atoms with Crippen LogP contribution in [0.2, 0.25) is 0 Å². The first-order chi connectivity index (χ1) is 8.70. The topological polar surface area (TPSA) is 24.5 Å². The van der Waals surface area contributed by atoms with Crippen LogP contribution in [0.4, 0.5) is 10.1 Å². The zero-order chi connectivity index (χ0) is 12.3. The van der Waals surface area contributed by atoms with E-state index in [0.717, 1.165) is 30.8 Å². The number of rotatable bonds is 2. The Morgan fingerprint density at radius 2 is 2.44 bits per heavy atom. The van der Waals surface area contributed by atoms with Gasteiger partial charge in [0.2, 0.25) is 0 Å². The summed E-state index contributed by atoms with van der Waals surface area (Å²) in [6, 6.07) is 3.88. The van der Waals surface area contributed by atoms with Crippen molar-refractivity contribution in [2.24, 2.45) is 0 Å². The van der Waals surface area contributed by atoms with Gasteiger partial charge in [-0.1, -0.05) is 0 Å². The predicted molar refractivity (Wildman–Crippen MR) is 67.5 cm³/mol. The number of halogens is 1. The lowest BCUT2D eigenvalue weighted by Gasteiger charge is -2.42. The van der Waals surface area contributed by atoms with Crippen molar-refractivity contribution in [1.29, 1.82) is 0 Å². The van der Waals surface area contributed by atoms with Crippen molar-refractivity contribution in [2.45, 2.75) is 30.9 Å². The molecule has 3 aliphatic rings. The van der Waals surface area contributed by atoms with Gasteiger partial charge in [-0.2, -0.15) is 0 Å². The minimum atomic E-state index is -0.268. The molecule has 96 valence electrons. The minimum Gasteiger partial charge on any atom is -0.477 e. The van der Waals surface area contributed by atoms with E-state index in [2.05, 4.69) is 17.3 Å². The molecule has 0 saturated carbocycles. The quantitative estimate of drug-likeness (QED) is 0.869. The average Bonchev–Trinajstić information content (AvgIpc) is 2.85. The number of hydrogen-bond acceptors (Lipinski definition) is 3. The summed E-state index contributed by atoms with van der Waals surface area (Å²) in [6.45, 7) is 1.94. The standard InChI is InChI=1S/C14H17FN2O/c1-17-6-2-3-9(17)7-14-8-16-11-5-4-10(15)13(18-14)12(11)14/h4-5,9,16H,2-3,6-8H2,1H3. The molecular weight excluding hydrogens is 231 g/mol. The fourth-order valence-corrected chi connectivity index (χ4v) is 3.65. The molecule has 2 atom stereocenters. The summed E-state index contributed by atoms with van der Waals surface area (Å²) in [7, 11) is 2.17. The van der Waals surface area contributed by atoms with Crippen molar-refractivity contribution in [3.8, 4) is 5.75 Å². The minimum absolute atomic E-state index is 0.229. The second kappa shape index (κ2) is 3.38. The first-order valence-electron chi connectivity index (χ1n) is 6.66. The van der Waals surface area contributed by atoms with Gasteiger partial charge in [0.05, 0.1) is 12.1 Å². The summed E-state index contributed by atoms with van der Waals surface area (Å²) in [4.78, 5) is 2.40. The highest BCUT2D eigenvalue weighted by molar-refractivity contribution is 5.69. The van der Waals surface area contributed by atoms with Gasteiger partial charge in [0.15, 0.2) is 17.2 Å². The van der Waals surface area contributed by atoms with E-state index in [-0.39, 0.29) is 11.4 Å². The molecule has 4 rings (SSSR count). The fourth-order valence-electron chi connectivity index (χ4n) is 3.65. The Morgan fingerprint density at radius 3 is 3.22 bits per heavy atom. The maximum absolute atomic E-state index is 13.6. The van der Waals surface area contributed by atoms with Crippen LogP contribution in [-0.4, -0.2) is 31.1 Å². The van der Waals surface area contributed by atoms with Gasteiger partial charge in [0, 0.05) is 18.2 Å². The number of ether oxygens (including phenoxy) is 1. The Bertz CT molecular complexity index is 519. The molecule has 1 fully saturated rings. The highest BCUT2D eigenvalue weighted by atomic mass is 19.1. The second-order valence-corrected chi connectivity index (χ2v) is 5.73. The maximum Gasteiger partial charge on any atom is 0.165 e. The van der Waals surface area contributed by atoms with E-state index >= 15 is 0 Å². The second-order valence-electron chi connectivity index (χ2n) is 5.73. The van der Waals surface area contributed by atoms with Crippen LogP contribution in [-0.2, 0) is 5.60 Å². The van der Waals surface area contributed by atoms with E-state index in [4.69, 9.17) is 4.74 Å². The van der Waals surface area contributed by atoms with Crippen LogP contribution in [0, 0.1) is 5.82 Å². The Morgan fingerprint density at radius 1 is 1.56 bits per heavy atom. The van der Waals surface area contributed by atoms with E-state index in [1.165, 1.54) is 18.9 Å². The number of benzene rings is 1.